The van der Waals surface area contributed by atoms with Crippen molar-refractivity contribution in [2.45, 2.75) is 51.5 Å². The summed E-state index contributed by atoms with van der Waals surface area (Å²) in [5, 5.41) is 3.42. The fourth-order valence-corrected chi connectivity index (χ4v) is 3.10. The number of hydrogen-bond donors (Lipinski definition) is 1. The van der Waals surface area contributed by atoms with Crippen LogP contribution in [0.15, 0.2) is 23.1 Å². The molecule has 0 aliphatic rings. The van der Waals surface area contributed by atoms with E-state index in [9.17, 15) is 4.21 Å². The fourth-order valence-electron chi connectivity index (χ4n) is 1.73. The van der Waals surface area contributed by atoms with E-state index in [-0.39, 0.29) is 5.54 Å². The molecule has 0 aromatic heterocycles. The molecule has 18 heavy (non-hydrogen) atoms. The van der Waals surface area contributed by atoms with Crippen LogP contribution in [-0.4, -0.2) is 22.0 Å². The summed E-state index contributed by atoms with van der Waals surface area (Å²) in [6.07, 6.45) is 0.942. The maximum absolute atomic E-state index is 12.2. The first kappa shape index (κ1) is 15.4. The minimum Gasteiger partial charge on any atom is -0.312 e. The van der Waals surface area contributed by atoms with Crippen LogP contribution in [-0.2, 0) is 10.8 Å². The third-order valence-electron chi connectivity index (χ3n) is 2.75. The molecule has 1 aromatic rings. The molecule has 0 aliphatic heterocycles. The Balaban J connectivity index is 2.48. The van der Waals surface area contributed by atoms with E-state index in [0.29, 0.717) is 0 Å². The van der Waals surface area contributed by atoms with E-state index in [4.69, 9.17) is 0 Å². The van der Waals surface area contributed by atoms with E-state index in [1.807, 2.05) is 19.9 Å². The van der Waals surface area contributed by atoms with Gasteiger partial charge < -0.3 is 5.32 Å². The minimum atomic E-state index is -0.874. The number of nitrogens with one attached hydrogen (secondary N) is 1. The van der Waals surface area contributed by atoms with Crippen LogP contribution in [0, 0.1) is 13.8 Å². The minimum absolute atomic E-state index is 0.140. The molecule has 0 heterocycles. The molecule has 0 spiro atoms. The van der Waals surface area contributed by atoms with Crippen LogP contribution >= 0.6 is 0 Å². The van der Waals surface area contributed by atoms with Crippen molar-refractivity contribution in [2.24, 2.45) is 0 Å². The van der Waals surface area contributed by atoms with E-state index in [2.05, 4.69) is 38.2 Å². The first-order valence-electron chi connectivity index (χ1n) is 6.50. The summed E-state index contributed by atoms with van der Waals surface area (Å²) < 4.78 is 12.2. The van der Waals surface area contributed by atoms with E-state index < -0.39 is 10.8 Å². The zero-order chi connectivity index (χ0) is 13.8. The highest BCUT2D eigenvalue weighted by Gasteiger charge is 2.10. The highest BCUT2D eigenvalue weighted by atomic mass is 32.2. The molecule has 0 saturated carbocycles. The molecule has 0 radical (unpaired) electrons. The van der Waals surface area contributed by atoms with Crippen LogP contribution in [0.4, 0.5) is 0 Å². The van der Waals surface area contributed by atoms with Gasteiger partial charge in [0.15, 0.2) is 0 Å². The van der Waals surface area contributed by atoms with Gasteiger partial charge in [-0.05, 0) is 64.8 Å². The summed E-state index contributed by atoms with van der Waals surface area (Å²) in [5.41, 5.74) is 2.44. The van der Waals surface area contributed by atoms with Crippen LogP contribution in [0.2, 0.25) is 0 Å². The summed E-state index contributed by atoms with van der Waals surface area (Å²) in [6, 6.07) is 6.16. The van der Waals surface area contributed by atoms with Gasteiger partial charge in [-0.2, -0.15) is 0 Å². The third-order valence-corrected chi connectivity index (χ3v) is 4.34. The van der Waals surface area contributed by atoms with Crippen LogP contribution in [0.3, 0.4) is 0 Å². The molecule has 3 heteroatoms. The predicted molar refractivity (Wildman–Crippen MR) is 79.6 cm³/mol. The lowest BCUT2D eigenvalue weighted by Gasteiger charge is -2.20. The van der Waals surface area contributed by atoms with Crippen molar-refractivity contribution >= 4 is 10.8 Å². The molecule has 0 fully saturated rings. The van der Waals surface area contributed by atoms with Crippen molar-refractivity contribution in [3.8, 4) is 0 Å². The van der Waals surface area contributed by atoms with Gasteiger partial charge in [0.2, 0.25) is 0 Å². The van der Waals surface area contributed by atoms with Gasteiger partial charge in [-0.3, -0.25) is 4.21 Å². The second-order valence-electron chi connectivity index (χ2n) is 5.85. The van der Waals surface area contributed by atoms with Crippen molar-refractivity contribution in [3.63, 3.8) is 0 Å². The maximum atomic E-state index is 12.2. The van der Waals surface area contributed by atoms with Gasteiger partial charge in [-0.1, -0.05) is 12.1 Å². The molecule has 0 amide bonds. The molecule has 1 atom stereocenters. The van der Waals surface area contributed by atoms with Crippen LogP contribution in [0.5, 0.6) is 0 Å². The smallest absolute Gasteiger partial charge is 0.0532 e. The summed E-state index contributed by atoms with van der Waals surface area (Å²) in [4.78, 5) is 0.991. The highest BCUT2D eigenvalue weighted by Crippen LogP contribution is 2.15. The van der Waals surface area contributed by atoms with Crippen LogP contribution in [0.25, 0.3) is 0 Å². The van der Waals surface area contributed by atoms with Gasteiger partial charge >= 0.3 is 0 Å². The van der Waals surface area contributed by atoms with Crippen molar-refractivity contribution in [1.82, 2.24) is 5.32 Å². The van der Waals surface area contributed by atoms with Crippen molar-refractivity contribution in [1.29, 1.82) is 0 Å². The monoisotopic (exact) mass is 267 g/mol. The second-order valence-corrected chi connectivity index (χ2v) is 7.39. The zero-order valence-corrected chi connectivity index (χ0v) is 13.0. The molecular formula is C15H25NOS. The number of rotatable bonds is 5. The molecule has 0 saturated heterocycles. The number of aryl methyl sites for hydroxylation is 2. The molecule has 1 aromatic carbocycles. The Morgan fingerprint density at radius 1 is 1.22 bits per heavy atom. The topological polar surface area (TPSA) is 29.1 Å². The van der Waals surface area contributed by atoms with Crippen LogP contribution < -0.4 is 5.32 Å². The Labute approximate surface area is 114 Å². The standard InChI is InChI=1S/C15H25NOS/c1-12-7-8-13(2)14(11-12)18(17)10-6-9-16-15(3,4)5/h7-8,11,16H,6,9-10H2,1-5H3. The molecule has 1 unspecified atom stereocenters. The first-order valence-corrected chi connectivity index (χ1v) is 7.82. The Morgan fingerprint density at radius 3 is 2.50 bits per heavy atom. The molecule has 102 valence electrons. The van der Waals surface area contributed by atoms with E-state index in [1.165, 1.54) is 5.56 Å². The third kappa shape index (κ3) is 5.32. The Hall–Kier alpha value is -0.670. The van der Waals surface area contributed by atoms with E-state index in [0.717, 1.165) is 29.2 Å². The van der Waals surface area contributed by atoms with Crippen molar-refractivity contribution in [3.05, 3.63) is 29.3 Å². The quantitative estimate of drug-likeness (QED) is 0.830. The van der Waals surface area contributed by atoms with Crippen LogP contribution in [0.1, 0.15) is 38.3 Å². The van der Waals surface area contributed by atoms with Gasteiger partial charge in [0.25, 0.3) is 0 Å². The lowest BCUT2D eigenvalue weighted by molar-refractivity contribution is 0.427. The molecule has 0 aliphatic carbocycles. The lowest BCUT2D eigenvalue weighted by Crippen LogP contribution is -2.36. The average Bonchev–Trinajstić information content (AvgIpc) is 2.26. The van der Waals surface area contributed by atoms with Gasteiger partial charge in [-0.25, -0.2) is 0 Å². The largest absolute Gasteiger partial charge is 0.312 e. The molecule has 0 bridgehead atoms. The fraction of sp³-hybridized carbons (Fsp3) is 0.600. The molecular weight excluding hydrogens is 242 g/mol. The normalized spacial score (nSPS) is 13.6. The molecule has 1 rings (SSSR count). The van der Waals surface area contributed by atoms with Gasteiger partial charge in [0.1, 0.15) is 0 Å². The lowest BCUT2D eigenvalue weighted by atomic mass is 10.1. The molecule has 2 nitrogen and oxygen atoms in total. The number of hydrogen-bond acceptors (Lipinski definition) is 2. The van der Waals surface area contributed by atoms with E-state index in [1.54, 1.807) is 0 Å². The summed E-state index contributed by atoms with van der Waals surface area (Å²) in [7, 11) is -0.874. The van der Waals surface area contributed by atoms with Gasteiger partial charge in [0, 0.05) is 16.2 Å². The van der Waals surface area contributed by atoms with Crippen molar-refractivity contribution in [2.75, 3.05) is 12.3 Å². The van der Waals surface area contributed by atoms with Gasteiger partial charge in [0.05, 0.1) is 10.8 Å². The zero-order valence-electron chi connectivity index (χ0n) is 12.2. The SMILES string of the molecule is Cc1ccc(C)c(S(=O)CCCNC(C)(C)C)c1. The first-order chi connectivity index (χ1) is 8.29. The number of benzene rings is 1. The Bertz CT molecular complexity index is 421. The van der Waals surface area contributed by atoms with Crippen molar-refractivity contribution < 1.29 is 4.21 Å². The van der Waals surface area contributed by atoms with E-state index >= 15 is 0 Å². The summed E-state index contributed by atoms with van der Waals surface area (Å²) in [6.45, 7) is 11.4. The second kappa shape index (κ2) is 6.48. The Morgan fingerprint density at radius 2 is 1.89 bits per heavy atom. The molecule has 1 N–H and O–H groups in total. The summed E-state index contributed by atoms with van der Waals surface area (Å²) >= 11 is 0. The van der Waals surface area contributed by atoms with Gasteiger partial charge in [-0.15, -0.1) is 0 Å². The highest BCUT2D eigenvalue weighted by molar-refractivity contribution is 7.85. The Kier molecular flexibility index (Phi) is 5.54. The summed E-state index contributed by atoms with van der Waals surface area (Å²) in [5.74, 6) is 0.730. The maximum Gasteiger partial charge on any atom is 0.0532 e. The average molecular weight is 267 g/mol. The predicted octanol–water partition coefficient (Wildman–Crippen LogP) is 3.19.